The van der Waals surface area contributed by atoms with Crippen LogP contribution in [0.15, 0.2) is 18.3 Å². The Hall–Kier alpha value is -1.36. The van der Waals surface area contributed by atoms with E-state index in [1.165, 1.54) is 0 Å². The van der Waals surface area contributed by atoms with E-state index in [1.807, 2.05) is 29.8 Å². The molecule has 4 nitrogen and oxygen atoms in total. The minimum Gasteiger partial charge on any atom is -0.364 e. The van der Waals surface area contributed by atoms with Crippen LogP contribution in [0.25, 0.3) is 0 Å². The molecule has 0 saturated carbocycles. The van der Waals surface area contributed by atoms with Gasteiger partial charge in [-0.2, -0.15) is 5.10 Å². The maximum atomic E-state index is 5.08. The van der Waals surface area contributed by atoms with Crippen molar-refractivity contribution in [1.29, 1.82) is 0 Å². The summed E-state index contributed by atoms with van der Waals surface area (Å²) < 4.78 is 2.60. The van der Waals surface area contributed by atoms with E-state index in [0.717, 1.165) is 18.1 Å². The van der Waals surface area contributed by atoms with Gasteiger partial charge in [0.15, 0.2) is 4.77 Å². The summed E-state index contributed by atoms with van der Waals surface area (Å²) in [5.74, 6) is 0.902. The first kappa shape index (κ1) is 8.25. The lowest BCUT2D eigenvalue weighted by Crippen LogP contribution is -2.02. The molecule has 2 rings (SSSR count). The van der Waals surface area contributed by atoms with Gasteiger partial charge in [-0.3, -0.25) is 9.67 Å². The molecular formula is C8H10N4S. The molecule has 0 aliphatic carbocycles. The third kappa shape index (κ3) is 1.55. The molecular weight excluding hydrogens is 184 g/mol. The van der Waals surface area contributed by atoms with Gasteiger partial charge in [0.2, 0.25) is 0 Å². The van der Waals surface area contributed by atoms with E-state index >= 15 is 0 Å². The fraction of sp³-hybridized carbons (Fsp3) is 0.250. The quantitative estimate of drug-likeness (QED) is 0.714. The second-order valence-corrected chi connectivity index (χ2v) is 3.24. The van der Waals surface area contributed by atoms with Gasteiger partial charge in [-0.1, -0.05) is 0 Å². The summed E-state index contributed by atoms with van der Waals surface area (Å²) in [6.07, 6.45) is 1.90. The highest BCUT2D eigenvalue weighted by molar-refractivity contribution is 7.71. The van der Waals surface area contributed by atoms with Gasteiger partial charge >= 0.3 is 0 Å². The average molecular weight is 194 g/mol. The zero-order valence-corrected chi connectivity index (χ0v) is 8.06. The second kappa shape index (κ2) is 3.18. The Kier molecular flexibility index (Phi) is 2.02. The van der Waals surface area contributed by atoms with Gasteiger partial charge < -0.3 is 4.98 Å². The Balaban J connectivity index is 2.33. The molecule has 0 atom stereocenters. The summed E-state index contributed by atoms with van der Waals surface area (Å²) in [6.45, 7) is 2.67. The van der Waals surface area contributed by atoms with Crippen molar-refractivity contribution in [3.05, 3.63) is 34.6 Å². The van der Waals surface area contributed by atoms with Gasteiger partial charge in [-0.15, -0.1) is 0 Å². The van der Waals surface area contributed by atoms with Crippen LogP contribution < -0.4 is 0 Å². The van der Waals surface area contributed by atoms with E-state index in [1.54, 1.807) is 0 Å². The lowest BCUT2D eigenvalue weighted by molar-refractivity contribution is 0.736. The largest absolute Gasteiger partial charge is 0.364 e. The molecule has 0 bridgehead atoms. The highest BCUT2D eigenvalue weighted by Gasteiger charge is 2.01. The fourth-order valence-electron chi connectivity index (χ4n) is 1.22. The summed E-state index contributed by atoms with van der Waals surface area (Å²) in [7, 11) is 0. The monoisotopic (exact) mass is 194 g/mol. The lowest BCUT2D eigenvalue weighted by Gasteiger charge is -2.00. The fourth-order valence-corrected chi connectivity index (χ4v) is 1.46. The van der Waals surface area contributed by atoms with Crippen molar-refractivity contribution in [2.45, 2.75) is 13.5 Å². The van der Waals surface area contributed by atoms with Crippen LogP contribution in [0, 0.1) is 11.7 Å². The average Bonchev–Trinajstić information content (AvgIpc) is 2.70. The molecule has 0 unspecified atom stereocenters. The Labute approximate surface area is 80.6 Å². The first-order chi connectivity index (χ1) is 6.27. The van der Waals surface area contributed by atoms with Gasteiger partial charge in [-0.25, -0.2) is 0 Å². The molecule has 0 radical (unpaired) electrons. The van der Waals surface area contributed by atoms with E-state index in [4.69, 9.17) is 12.2 Å². The normalized spacial score (nSPS) is 10.5. The molecule has 5 heteroatoms. The first-order valence-electron chi connectivity index (χ1n) is 4.01. The topological polar surface area (TPSA) is 49.4 Å². The third-order valence-corrected chi connectivity index (χ3v) is 2.25. The molecule has 2 N–H and O–H groups in total. The number of nitrogens with zero attached hydrogens (tertiary/aromatic N) is 2. The lowest BCUT2D eigenvalue weighted by atomic mass is 10.4. The zero-order chi connectivity index (χ0) is 9.26. The molecule has 0 amide bonds. The first-order valence-corrected chi connectivity index (χ1v) is 4.42. The Morgan fingerprint density at radius 1 is 1.62 bits per heavy atom. The van der Waals surface area contributed by atoms with Crippen molar-refractivity contribution in [1.82, 2.24) is 19.7 Å². The minimum absolute atomic E-state index is 0.659. The van der Waals surface area contributed by atoms with Crippen molar-refractivity contribution in [2.75, 3.05) is 0 Å². The molecule has 2 aromatic heterocycles. The SMILES string of the molecule is Cc1n[nH]c(=S)n1Cc1ccc[nH]1. The molecule has 2 heterocycles. The summed E-state index contributed by atoms with van der Waals surface area (Å²) in [5.41, 5.74) is 1.13. The zero-order valence-electron chi connectivity index (χ0n) is 7.24. The predicted octanol–water partition coefficient (Wildman–Crippen LogP) is 1.63. The van der Waals surface area contributed by atoms with Gasteiger partial charge in [0, 0.05) is 11.9 Å². The number of rotatable bonds is 2. The highest BCUT2D eigenvalue weighted by Crippen LogP contribution is 2.02. The van der Waals surface area contributed by atoms with Crippen LogP contribution >= 0.6 is 12.2 Å². The minimum atomic E-state index is 0.659. The standard InChI is InChI=1S/C8H10N4S/c1-6-10-11-8(13)12(6)5-7-3-2-4-9-7/h2-4,9H,5H2,1H3,(H,11,13). The number of H-pyrrole nitrogens is 2. The van der Waals surface area contributed by atoms with Crippen molar-refractivity contribution < 1.29 is 0 Å². The number of aromatic nitrogens is 4. The third-order valence-electron chi connectivity index (χ3n) is 1.94. The maximum Gasteiger partial charge on any atom is 0.195 e. The predicted molar refractivity (Wildman–Crippen MR) is 52.0 cm³/mol. The van der Waals surface area contributed by atoms with Crippen molar-refractivity contribution >= 4 is 12.2 Å². The van der Waals surface area contributed by atoms with Crippen LogP contribution in [-0.4, -0.2) is 19.7 Å². The summed E-state index contributed by atoms with van der Waals surface area (Å²) in [6, 6.07) is 3.99. The van der Waals surface area contributed by atoms with Gasteiger partial charge in [0.25, 0.3) is 0 Å². The van der Waals surface area contributed by atoms with Crippen LogP contribution in [0.3, 0.4) is 0 Å². The van der Waals surface area contributed by atoms with Crippen LogP contribution in [0.5, 0.6) is 0 Å². The molecule has 13 heavy (non-hydrogen) atoms. The molecule has 0 aliphatic rings. The second-order valence-electron chi connectivity index (χ2n) is 2.86. The van der Waals surface area contributed by atoms with Crippen molar-refractivity contribution in [2.24, 2.45) is 0 Å². The van der Waals surface area contributed by atoms with E-state index in [-0.39, 0.29) is 0 Å². The van der Waals surface area contributed by atoms with Crippen molar-refractivity contribution in [3.63, 3.8) is 0 Å². The molecule has 2 aromatic rings. The van der Waals surface area contributed by atoms with Gasteiger partial charge in [-0.05, 0) is 31.3 Å². The molecule has 0 saturated heterocycles. The number of aromatic amines is 2. The number of hydrogen-bond donors (Lipinski definition) is 2. The Morgan fingerprint density at radius 3 is 3.00 bits per heavy atom. The van der Waals surface area contributed by atoms with E-state index < -0.39 is 0 Å². The van der Waals surface area contributed by atoms with Crippen LogP contribution in [-0.2, 0) is 6.54 Å². The van der Waals surface area contributed by atoms with Crippen molar-refractivity contribution in [3.8, 4) is 0 Å². The summed E-state index contributed by atoms with van der Waals surface area (Å²) in [5, 5.41) is 6.78. The van der Waals surface area contributed by atoms with E-state index in [0.29, 0.717) is 4.77 Å². The summed E-state index contributed by atoms with van der Waals surface area (Å²) in [4.78, 5) is 3.12. The molecule has 0 aliphatic heterocycles. The van der Waals surface area contributed by atoms with Gasteiger partial charge in [0.05, 0.1) is 6.54 Å². The van der Waals surface area contributed by atoms with E-state index in [9.17, 15) is 0 Å². The summed E-state index contributed by atoms with van der Waals surface area (Å²) >= 11 is 5.08. The highest BCUT2D eigenvalue weighted by atomic mass is 32.1. The smallest absolute Gasteiger partial charge is 0.195 e. The molecule has 0 aromatic carbocycles. The molecule has 0 spiro atoms. The number of aryl methyl sites for hydroxylation is 1. The number of hydrogen-bond acceptors (Lipinski definition) is 2. The van der Waals surface area contributed by atoms with Crippen LogP contribution in [0.4, 0.5) is 0 Å². The maximum absolute atomic E-state index is 5.08. The Morgan fingerprint density at radius 2 is 2.46 bits per heavy atom. The number of nitrogens with one attached hydrogen (secondary N) is 2. The molecule has 68 valence electrons. The van der Waals surface area contributed by atoms with Crippen LogP contribution in [0.1, 0.15) is 11.5 Å². The van der Waals surface area contributed by atoms with E-state index in [2.05, 4.69) is 15.2 Å². The van der Waals surface area contributed by atoms with Crippen LogP contribution in [0.2, 0.25) is 0 Å². The molecule has 0 fully saturated rings. The Bertz CT molecular complexity index is 437. The van der Waals surface area contributed by atoms with Gasteiger partial charge in [0.1, 0.15) is 5.82 Å².